The van der Waals surface area contributed by atoms with Crippen molar-refractivity contribution >= 4 is 39.3 Å². The van der Waals surface area contributed by atoms with E-state index < -0.39 is 11.7 Å². The maximum absolute atomic E-state index is 13.9. The molecule has 1 heterocycles. The molecule has 1 saturated heterocycles. The minimum atomic E-state index is -0.527. The van der Waals surface area contributed by atoms with Gasteiger partial charge in [0.15, 0.2) is 0 Å². The molecule has 0 aromatic heterocycles. The molecule has 3 rings (SSSR count). The number of thioether (sulfide) groups is 1. The molecule has 1 aliphatic rings. The molecule has 0 spiro atoms. The zero-order valence-electron chi connectivity index (χ0n) is 14.0. The van der Waals surface area contributed by atoms with Crippen molar-refractivity contribution in [3.63, 3.8) is 0 Å². The molecular weight excluding hydrogens is 403 g/mol. The van der Waals surface area contributed by atoms with Crippen LogP contribution in [0.1, 0.15) is 21.5 Å². The number of hydrogen-bond donors (Lipinski definition) is 1. The van der Waals surface area contributed by atoms with Crippen LogP contribution in [0.5, 0.6) is 0 Å². The molecule has 1 fully saturated rings. The lowest BCUT2D eigenvalue weighted by Gasteiger charge is -2.26. The van der Waals surface area contributed by atoms with Gasteiger partial charge in [-0.15, -0.1) is 0 Å². The lowest BCUT2D eigenvalue weighted by Crippen LogP contribution is -2.32. The normalized spacial score (nSPS) is 15.2. The van der Waals surface area contributed by atoms with Gasteiger partial charge in [0, 0.05) is 41.3 Å². The molecule has 0 aliphatic carbocycles. The van der Waals surface area contributed by atoms with Crippen LogP contribution in [0.2, 0.25) is 0 Å². The van der Waals surface area contributed by atoms with E-state index in [1.807, 2.05) is 30.8 Å². The maximum Gasteiger partial charge on any atom is 0.258 e. The first-order valence-corrected chi connectivity index (χ1v) is 10.1. The van der Waals surface area contributed by atoms with Gasteiger partial charge in [-0.2, -0.15) is 11.8 Å². The summed E-state index contributed by atoms with van der Waals surface area (Å²) < 4.78 is 14.6. The zero-order chi connectivity index (χ0) is 17.8. The van der Waals surface area contributed by atoms with Crippen LogP contribution >= 0.6 is 27.7 Å². The van der Waals surface area contributed by atoms with E-state index >= 15 is 0 Å². The second-order valence-electron chi connectivity index (χ2n) is 6.12. The molecule has 0 atom stereocenters. The molecule has 2 aromatic rings. The Hall–Kier alpha value is -1.37. The van der Waals surface area contributed by atoms with Gasteiger partial charge < -0.3 is 5.32 Å². The van der Waals surface area contributed by atoms with E-state index in [1.165, 1.54) is 12.1 Å². The van der Waals surface area contributed by atoms with Crippen LogP contribution in [-0.2, 0) is 6.54 Å². The van der Waals surface area contributed by atoms with E-state index in [-0.39, 0.29) is 5.56 Å². The van der Waals surface area contributed by atoms with E-state index in [2.05, 4.69) is 32.2 Å². The average molecular weight is 423 g/mol. The predicted molar refractivity (Wildman–Crippen MR) is 106 cm³/mol. The van der Waals surface area contributed by atoms with Gasteiger partial charge in [0.1, 0.15) is 5.82 Å². The highest BCUT2D eigenvalue weighted by Gasteiger charge is 2.15. The summed E-state index contributed by atoms with van der Waals surface area (Å²) >= 11 is 5.26. The van der Waals surface area contributed by atoms with E-state index in [1.54, 1.807) is 6.07 Å². The van der Waals surface area contributed by atoms with Crippen LogP contribution in [0.4, 0.5) is 10.1 Å². The molecule has 1 amide bonds. The molecule has 0 saturated carbocycles. The van der Waals surface area contributed by atoms with Gasteiger partial charge in [-0.25, -0.2) is 4.39 Å². The number of carbonyl (C=O) groups is 1. The first-order chi connectivity index (χ1) is 12.0. The summed E-state index contributed by atoms with van der Waals surface area (Å²) in [5, 5.41) is 2.85. The van der Waals surface area contributed by atoms with E-state index in [0.29, 0.717) is 4.47 Å². The van der Waals surface area contributed by atoms with Crippen LogP contribution in [0.25, 0.3) is 0 Å². The number of amides is 1. The third kappa shape index (κ3) is 4.84. The fourth-order valence-electron chi connectivity index (χ4n) is 2.78. The number of nitrogens with zero attached hydrogens (tertiary/aromatic N) is 1. The van der Waals surface area contributed by atoms with Crippen LogP contribution in [-0.4, -0.2) is 35.4 Å². The molecule has 2 aromatic carbocycles. The Morgan fingerprint density at radius 1 is 1.24 bits per heavy atom. The summed E-state index contributed by atoms with van der Waals surface area (Å²) in [6.45, 7) is 4.98. The lowest BCUT2D eigenvalue weighted by molar-refractivity contribution is 0.102. The van der Waals surface area contributed by atoms with E-state index in [9.17, 15) is 9.18 Å². The largest absolute Gasteiger partial charge is 0.322 e. The van der Waals surface area contributed by atoms with Crippen LogP contribution in [0.15, 0.2) is 40.9 Å². The van der Waals surface area contributed by atoms with Crippen molar-refractivity contribution in [1.29, 1.82) is 0 Å². The highest BCUT2D eigenvalue weighted by Crippen LogP contribution is 2.22. The predicted octanol–water partition coefficient (Wildman–Crippen LogP) is 4.70. The Bertz CT molecular complexity index is 778. The van der Waals surface area contributed by atoms with Crippen LogP contribution in [0, 0.1) is 12.7 Å². The maximum atomic E-state index is 13.9. The van der Waals surface area contributed by atoms with Crippen molar-refractivity contribution in [3.8, 4) is 0 Å². The number of halogens is 2. The lowest BCUT2D eigenvalue weighted by atomic mass is 10.1. The minimum Gasteiger partial charge on any atom is -0.322 e. The first kappa shape index (κ1) is 18.4. The number of hydrogen-bond acceptors (Lipinski definition) is 3. The zero-order valence-corrected chi connectivity index (χ0v) is 16.4. The summed E-state index contributed by atoms with van der Waals surface area (Å²) in [5.41, 5.74) is 2.88. The number of carbonyl (C=O) groups excluding carboxylic acids is 1. The average Bonchev–Trinajstić information content (AvgIpc) is 2.61. The molecule has 1 N–H and O–H groups in total. The van der Waals surface area contributed by atoms with Crippen LogP contribution in [0.3, 0.4) is 0 Å². The summed E-state index contributed by atoms with van der Waals surface area (Å²) in [6.07, 6.45) is 0. The second-order valence-corrected chi connectivity index (χ2v) is 8.26. The fourth-order valence-corrected chi connectivity index (χ4v) is 4.12. The standard InChI is InChI=1S/C19H20BrFN2OS/c1-13-2-3-14(12-23-6-8-25-9-7-23)10-18(13)22-19(24)16-11-15(20)4-5-17(16)21/h2-5,10-11H,6-9,12H2,1H3,(H,22,24). The number of aryl methyl sites for hydroxylation is 1. The van der Waals surface area contributed by atoms with Crippen molar-refractivity contribution in [2.24, 2.45) is 0 Å². The smallest absolute Gasteiger partial charge is 0.258 e. The van der Waals surface area contributed by atoms with Crippen molar-refractivity contribution in [1.82, 2.24) is 4.90 Å². The Balaban J connectivity index is 1.76. The molecule has 25 heavy (non-hydrogen) atoms. The van der Waals surface area contributed by atoms with Gasteiger partial charge in [-0.1, -0.05) is 28.1 Å². The third-order valence-electron chi connectivity index (χ3n) is 4.23. The first-order valence-electron chi connectivity index (χ1n) is 8.19. The Kier molecular flexibility index (Phi) is 6.15. The quantitative estimate of drug-likeness (QED) is 0.774. The fraction of sp³-hybridized carbons (Fsp3) is 0.316. The van der Waals surface area contributed by atoms with Gasteiger partial charge in [0.2, 0.25) is 0 Å². The third-order valence-corrected chi connectivity index (χ3v) is 5.67. The van der Waals surface area contributed by atoms with Crippen molar-refractivity contribution in [2.75, 3.05) is 29.9 Å². The molecule has 3 nitrogen and oxygen atoms in total. The van der Waals surface area contributed by atoms with Gasteiger partial charge >= 0.3 is 0 Å². The molecule has 6 heteroatoms. The number of rotatable bonds is 4. The summed E-state index contributed by atoms with van der Waals surface area (Å²) in [7, 11) is 0. The van der Waals surface area contributed by atoms with E-state index in [4.69, 9.17) is 0 Å². The molecular formula is C19H20BrFN2OS. The highest BCUT2D eigenvalue weighted by molar-refractivity contribution is 9.10. The summed E-state index contributed by atoms with van der Waals surface area (Å²) in [5.74, 6) is 1.36. The number of nitrogens with one attached hydrogen (secondary N) is 1. The highest BCUT2D eigenvalue weighted by atomic mass is 79.9. The van der Waals surface area contributed by atoms with E-state index in [0.717, 1.165) is 48.0 Å². The summed E-state index contributed by atoms with van der Waals surface area (Å²) in [6, 6.07) is 10.4. The molecule has 132 valence electrons. The topological polar surface area (TPSA) is 32.3 Å². The SMILES string of the molecule is Cc1ccc(CN2CCSCC2)cc1NC(=O)c1cc(Br)ccc1F. The van der Waals surface area contributed by atoms with Crippen LogP contribution < -0.4 is 5.32 Å². The number of benzene rings is 2. The Morgan fingerprint density at radius 3 is 2.76 bits per heavy atom. The Morgan fingerprint density at radius 2 is 2.00 bits per heavy atom. The van der Waals surface area contributed by atoms with Gasteiger partial charge in [0.05, 0.1) is 5.56 Å². The van der Waals surface area contributed by atoms with Crippen molar-refractivity contribution in [2.45, 2.75) is 13.5 Å². The monoisotopic (exact) mass is 422 g/mol. The van der Waals surface area contributed by atoms with Crippen molar-refractivity contribution in [3.05, 3.63) is 63.4 Å². The number of anilines is 1. The van der Waals surface area contributed by atoms with Gasteiger partial charge in [-0.05, 0) is 42.3 Å². The van der Waals surface area contributed by atoms with Gasteiger partial charge in [0.25, 0.3) is 5.91 Å². The van der Waals surface area contributed by atoms with Gasteiger partial charge in [-0.3, -0.25) is 9.69 Å². The Labute approximate surface area is 160 Å². The summed E-state index contributed by atoms with van der Waals surface area (Å²) in [4.78, 5) is 14.9. The molecule has 0 unspecified atom stereocenters. The molecule has 0 radical (unpaired) electrons. The molecule has 1 aliphatic heterocycles. The minimum absolute atomic E-state index is 0.0345. The van der Waals surface area contributed by atoms with Crippen molar-refractivity contribution < 1.29 is 9.18 Å². The molecule has 0 bridgehead atoms. The second kappa shape index (κ2) is 8.34.